The number of amides is 2. The van der Waals surface area contributed by atoms with Gasteiger partial charge in [-0.2, -0.15) is 5.10 Å². The van der Waals surface area contributed by atoms with Gasteiger partial charge in [-0.1, -0.05) is 18.2 Å². The molecule has 0 radical (unpaired) electrons. The van der Waals surface area contributed by atoms with E-state index in [4.69, 9.17) is 20.3 Å². The average Bonchev–Trinajstić information content (AvgIpc) is 3.25. The molecule has 178 valence electrons. The molecule has 0 unspecified atom stereocenters. The number of primary amides is 1. The normalized spacial score (nSPS) is 14.6. The van der Waals surface area contributed by atoms with Crippen molar-refractivity contribution in [1.29, 1.82) is 0 Å². The van der Waals surface area contributed by atoms with Crippen molar-refractivity contribution < 1.29 is 19.1 Å². The Morgan fingerprint density at radius 1 is 0.971 bits per heavy atom. The highest BCUT2D eigenvalue weighted by Crippen LogP contribution is 2.30. The van der Waals surface area contributed by atoms with Crippen molar-refractivity contribution in [3.63, 3.8) is 0 Å². The first-order chi connectivity index (χ1) is 16.2. The van der Waals surface area contributed by atoms with Crippen LogP contribution in [0.4, 0.5) is 4.79 Å². The van der Waals surface area contributed by atoms with Crippen LogP contribution in [-0.2, 0) is 4.74 Å². The third kappa shape index (κ3) is 5.57. The van der Waals surface area contributed by atoms with Gasteiger partial charge in [0, 0.05) is 24.8 Å². The average molecular weight is 463 g/mol. The lowest BCUT2D eigenvalue weighted by molar-refractivity contribution is 0.0185. The largest absolute Gasteiger partial charge is 0.457 e. The number of benzene rings is 2. The molecule has 2 amide bonds. The van der Waals surface area contributed by atoms with E-state index in [9.17, 15) is 9.59 Å². The second kappa shape index (κ2) is 9.59. The molecule has 0 spiro atoms. The summed E-state index contributed by atoms with van der Waals surface area (Å²) in [7, 11) is 0. The number of likely N-dealkylation sites (tertiary alicyclic amines) is 1. The van der Waals surface area contributed by atoms with Crippen LogP contribution in [0.1, 0.15) is 50.0 Å². The molecule has 1 aromatic heterocycles. The number of para-hydroxylation sites is 1. The Morgan fingerprint density at radius 3 is 2.18 bits per heavy atom. The minimum atomic E-state index is -0.531. The van der Waals surface area contributed by atoms with Gasteiger partial charge in [-0.05, 0) is 70.0 Å². The van der Waals surface area contributed by atoms with Crippen LogP contribution < -0.4 is 10.5 Å². The fourth-order valence-electron chi connectivity index (χ4n) is 3.92. The first kappa shape index (κ1) is 23.4. The van der Waals surface area contributed by atoms with Crippen molar-refractivity contribution in [3.05, 3.63) is 66.4 Å². The molecule has 1 saturated heterocycles. The Balaban J connectivity index is 1.47. The van der Waals surface area contributed by atoms with Crippen LogP contribution in [0.3, 0.4) is 0 Å². The van der Waals surface area contributed by atoms with Crippen molar-refractivity contribution in [1.82, 2.24) is 14.7 Å². The smallest absolute Gasteiger partial charge is 0.410 e. The van der Waals surface area contributed by atoms with Crippen molar-refractivity contribution >= 4 is 12.0 Å². The molecule has 2 heterocycles. The maximum atomic E-state index is 12.3. The van der Waals surface area contributed by atoms with Gasteiger partial charge in [0.25, 0.3) is 5.91 Å². The predicted molar refractivity (Wildman–Crippen MR) is 129 cm³/mol. The van der Waals surface area contributed by atoms with E-state index in [0.29, 0.717) is 42.9 Å². The predicted octanol–water partition coefficient (Wildman–Crippen LogP) is 5.01. The van der Waals surface area contributed by atoms with Gasteiger partial charge in [0.15, 0.2) is 0 Å². The first-order valence-corrected chi connectivity index (χ1v) is 11.4. The lowest BCUT2D eigenvalue weighted by atomic mass is 10.1. The zero-order valence-electron chi connectivity index (χ0n) is 19.7. The standard InChI is InChI=1S/C26H30N4O4/c1-26(2,3)34-25(32)29-15-13-19(14-16-29)30-17-22(24(27)31)23(28-30)18-9-11-21(12-10-18)33-20-7-5-4-6-8-20/h4-12,17,19H,13-16H2,1-3H3,(H2,27,31). The van der Waals surface area contributed by atoms with Crippen molar-refractivity contribution in [2.45, 2.75) is 45.3 Å². The fourth-order valence-corrected chi connectivity index (χ4v) is 3.92. The molecule has 1 aliphatic heterocycles. The van der Waals surface area contributed by atoms with E-state index in [1.807, 2.05) is 75.4 Å². The lowest BCUT2D eigenvalue weighted by Gasteiger charge is -2.33. The molecule has 0 aliphatic carbocycles. The molecule has 1 aliphatic rings. The first-order valence-electron chi connectivity index (χ1n) is 11.4. The second-order valence-corrected chi connectivity index (χ2v) is 9.37. The van der Waals surface area contributed by atoms with Gasteiger partial charge in [-0.3, -0.25) is 9.48 Å². The number of nitrogens with two attached hydrogens (primary N) is 1. The molecule has 0 saturated carbocycles. The summed E-state index contributed by atoms with van der Waals surface area (Å²) in [6.07, 6.45) is 2.83. The van der Waals surface area contributed by atoms with E-state index in [1.54, 1.807) is 15.8 Å². The molecule has 4 rings (SSSR count). The van der Waals surface area contributed by atoms with Crippen LogP contribution in [0.5, 0.6) is 11.5 Å². The molecular weight excluding hydrogens is 432 g/mol. The molecule has 0 atom stereocenters. The van der Waals surface area contributed by atoms with Crippen molar-refractivity contribution in [2.24, 2.45) is 5.73 Å². The number of hydrogen-bond donors (Lipinski definition) is 1. The van der Waals surface area contributed by atoms with Crippen LogP contribution >= 0.6 is 0 Å². The summed E-state index contributed by atoms with van der Waals surface area (Å²) >= 11 is 0. The number of nitrogens with zero attached hydrogens (tertiary/aromatic N) is 3. The van der Waals surface area contributed by atoms with Crippen LogP contribution in [0.2, 0.25) is 0 Å². The van der Waals surface area contributed by atoms with E-state index >= 15 is 0 Å². The Labute approximate surface area is 199 Å². The molecule has 0 bridgehead atoms. The minimum Gasteiger partial charge on any atom is -0.457 e. The van der Waals surface area contributed by atoms with Crippen molar-refractivity contribution in [2.75, 3.05) is 13.1 Å². The summed E-state index contributed by atoms with van der Waals surface area (Å²) in [6.45, 7) is 6.69. The topological polar surface area (TPSA) is 99.7 Å². The number of ether oxygens (including phenoxy) is 2. The molecule has 8 heteroatoms. The number of carbonyl (C=O) groups is 2. The van der Waals surface area contributed by atoms with E-state index in [-0.39, 0.29) is 12.1 Å². The van der Waals surface area contributed by atoms with Gasteiger partial charge >= 0.3 is 6.09 Å². The summed E-state index contributed by atoms with van der Waals surface area (Å²) in [5, 5.41) is 4.71. The highest BCUT2D eigenvalue weighted by Gasteiger charge is 2.29. The van der Waals surface area contributed by atoms with E-state index in [1.165, 1.54) is 0 Å². The number of carbonyl (C=O) groups excluding carboxylic acids is 2. The van der Waals surface area contributed by atoms with Gasteiger partial charge in [0.1, 0.15) is 22.8 Å². The van der Waals surface area contributed by atoms with Gasteiger partial charge in [0.05, 0.1) is 11.6 Å². The summed E-state index contributed by atoms with van der Waals surface area (Å²) in [6, 6.07) is 17.0. The van der Waals surface area contributed by atoms with Crippen molar-refractivity contribution in [3.8, 4) is 22.8 Å². The monoisotopic (exact) mass is 462 g/mol. The summed E-state index contributed by atoms with van der Waals surface area (Å²) in [5.41, 5.74) is 6.82. The molecule has 8 nitrogen and oxygen atoms in total. The summed E-state index contributed by atoms with van der Waals surface area (Å²) in [5.74, 6) is 0.900. The van der Waals surface area contributed by atoms with E-state index < -0.39 is 11.5 Å². The zero-order chi connectivity index (χ0) is 24.3. The molecule has 2 N–H and O–H groups in total. The quantitative estimate of drug-likeness (QED) is 0.574. The van der Waals surface area contributed by atoms with Crippen LogP contribution in [0.25, 0.3) is 11.3 Å². The lowest BCUT2D eigenvalue weighted by Crippen LogP contribution is -2.42. The Kier molecular flexibility index (Phi) is 6.58. The SMILES string of the molecule is CC(C)(C)OC(=O)N1CCC(n2cc(C(N)=O)c(-c3ccc(Oc4ccccc4)cc3)n2)CC1. The maximum absolute atomic E-state index is 12.3. The Hall–Kier alpha value is -3.81. The fraction of sp³-hybridized carbons (Fsp3) is 0.346. The van der Waals surface area contributed by atoms with Crippen LogP contribution in [0.15, 0.2) is 60.8 Å². The van der Waals surface area contributed by atoms with E-state index in [2.05, 4.69) is 0 Å². The van der Waals surface area contributed by atoms with Gasteiger partial charge in [0.2, 0.25) is 0 Å². The number of piperidine rings is 1. The summed E-state index contributed by atoms with van der Waals surface area (Å²) in [4.78, 5) is 26.2. The van der Waals surface area contributed by atoms with Gasteiger partial charge in [-0.25, -0.2) is 4.79 Å². The molecule has 2 aromatic carbocycles. The zero-order valence-corrected chi connectivity index (χ0v) is 19.7. The Morgan fingerprint density at radius 2 is 1.59 bits per heavy atom. The number of aromatic nitrogens is 2. The van der Waals surface area contributed by atoms with Crippen LogP contribution in [-0.4, -0.2) is 45.4 Å². The highest BCUT2D eigenvalue weighted by atomic mass is 16.6. The van der Waals surface area contributed by atoms with Crippen LogP contribution in [0, 0.1) is 0 Å². The second-order valence-electron chi connectivity index (χ2n) is 9.37. The van der Waals surface area contributed by atoms with Gasteiger partial charge in [-0.15, -0.1) is 0 Å². The molecule has 1 fully saturated rings. The number of rotatable bonds is 5. The Bertz CT molecular complexity index is 1140. The number of hydrogen-bond acceptors (Lipinski definition) is 5. The van der Waals surface area contributed by atoms with Gasteiger partial charge < -0.3 is 20.1 Å². The molecule has 34 heavy (non-hydrogen) atoms. The maximum Gasteiger partial charge on any atom is 0.410 e. The third-order valence-corrected chi connectivity index (χ3v) is 5.59. The molecule has 3 aromatic rings. The third-order valence-electron chi connectivity index (χ3n) is 5.59. The molecular formula is C26H30N4O4. The highest BCUT2D eigenvalue weighted by molar-refractivity contribution is 5.98. The summed E-state index contributed by atoms with van der Waals surface area (Å²) < 4.78 is 13.1. The minimum absolute atomic E-state index is 0.0613. The van der Waals surface area contributed by atoms with E-state index in [0.717, 1.165) is 11.3 Å².